The Bertz CT molecular complexity index is 1020. The fourth-order valence-electron chi connectivity index (χ4n) is 8.37. The number of esters is 1. The molecule has 370 valence electrons. The first-order valence-corrected chi connectivity index (χ1v) is 27.8. The maximum atomic E-state index is 12.5. The molecule has 6 nitrogen and oxygen atoms in total. The van der Waals surface area contributed by atoms with Crippen LogP contribution in [0.1, 0.15) is 290 Å². The van der Waals surface area contributed by atoms with E-state index < -0.39 is 12.1 Å². The number of carbonyl (C=O) groups is 2. The summed E-state index contributed by atoms with van der Waals surface area (Å²) in [6.45, 7) is 4.84. The molecule has 63 heavy (non-hydrogen) atoms. The van der Waals surface area contributed by atoms with E-state index in [1.165, 1.54) is 199 Å². The second-order valence-electron chi connectivity index (χ2n) is 18.9. The van der Waals surface area contributed by atoms with Crippen LogP contribution in [0.4, 0.5) is 0 Å². The summed E-state index contributed by atoms with van der Waals surface area (Å²) in [5.41, 5.74) is 0. The Kier molecular flexibility index (Phi) is 51.1. The van der Waals surface area contributed by atoms with E-state index in [1.807, 2.05) is 6.08 Å². The monoisotopic (exact) mass is 886 g/mol. The molecule has 0 aliphatic carbocycles. The third-order valence-electron chi connectivity index (χ3n) is 12.7. The van der Waals surface area contributed by atoms with Gasteiger partial charge in [0.1, 0.15) is 0 Å². The zero-order chi connectivity index (χ0) is 45.8. The minimum atomic E-state index is -0.858. The van der Waals surface area contributed by atoms with Crippen LogP contribution in [0.25, 0.3) is 0 Å². The molecule has 0 aromatic rings. The lowest BCUT2D eigenvalue weighted by Gasteiger charge is -2.20. The van der Waals surface area contributed by atoms with Crippen molar-refractivity contribution < 1.29 is 24.5 Å². The van der Waals surface area contributed by atoms with Crippen LogP contribution >= 0.6 is 0 Å². The third kappa shape index (κ3) is 49.4. The lowest BCUT2D eigenvalue weighted by atomic mass is 10.0. The largest absolute Gasteiger partial charge is 0.466 e. The minimum absolute atomic E-state index is 0.0232. The lowest BCUT2D eigenvalue weighted by molar-refractivity contribution is -0.143. The molecule has 3 N–H and O–H groups in total. The number of aliphatic hydroxyl groups excluding tert-OH is 2. The SMILES string of the molecule is CCCCC/C=C\C/C=C\CCCCCCCCCC(=O)OCCCCCCCCCCCCCC(=O)NC(CO)C(O)/C=C/CCCCCCCCCCCCCCCCCC. The first-order valence-electron chi connectivity index (χ1n) is 27.8. The molecule has 0 saturated carbocycles. The number of aliphatic hydroxyl groups is 2. The number of amides is 1. The van der Waals surface area contributed by atoms with E-state index in [0.717, 1.165) is 64.2 Å². The number of allylic oxidation sites excluding steroid dienone is 5. The summed E-state index contributed by atoms with van der Waals surface area (Å²) in [6.07, 6.45) is 64.3. The molecular weight excluding hydrogens is 779 g/mol. The molecule has 0 saturated heterocycles. The number of unbranched alkanes of at least 4 members (excludes halogenated alkanes) is 36. The number of rotatable bonds is 51. The highest BCUT2D eigenvalue weighted by atomic mass is 16.5. The van der Waals surface area contributed by atoms with E-state index in [0.29, 0.717) is 19.4 Å². The number of hydrogen-bond donors (Lipinski definition) is 3. The van der Waals surface area contributed by atoms with Gasteiger partial charge in [0, 0.05) is 12.8 Å². The van der Waals surface area contributed by atoms with Gasteiger partial charge in [-0.05, 0) is 64.2 Å². The van der Waals surface area contributed by atoms with Crippen molar-refractivity contribution in [3.8, 4) is 0 Å². The Morgan fingerprint density at radius 2 is 0.794 bits per heavy atom. The molecule has 2 atom stereocenters. The number of carbonyl (C=O) groups excluding carboxylic acids is 2. The van der Waals surface area contributed by atoms with Crippen molar-refractivity contribution in [1.82, 2.24) is 5.32 Å². The zero-order valence-electron chi connectivity index (χ0n) is 42.1. The van der Waals surface area contributed by atoms with Gasteiger partial charge in [0.25, 0.3) is 0 Å². The number of ether oxygens (including phenoxy) is 1. The third-order valence-corrected chi connectivity index (χ3v) is 12.7. The van der Waals surface area contributed by atoms with E-state index >= 15 is 0 Å². The Hall–Kier alpha value is -1.92. The molecule has 0 radical (unpaired) electrons. The maximum Gasteiger partial charge on any atom is 0.305 e. The Morgan fingerprint density at radius 3 is 1.24 bits per heavy atom. The predicted molar refractivity (Wildman–Crippen MR) is 273 cm³/mol. The van der Waals surface area contributed by atoms with Crippen LogP contribution in [-0.4, -0.2) is 47.4 Å². The molecule has 0 aromatic heterocycles. The van der Waals surface area contributed by atoms with Crippen molar-refractivity contribution in [1.29, 1.82) is 0 Å². The maximum absolute atomic E-state index is 12.5. The van der Waals surface area contributed by atoms with Crippen LogP contribution in [0.2, 0.25) is 0 Å². The van der Waals surface area contributed by atoms with Crippen LogP contribution in [0.3, 0.4) is 0 Å². The predicted octanol–water partition coefficient (Wildman–Crippen LogP) is 16.9. The first kappa shape index (κ1) is 61.1. The van der Waals surface area contributed by atoms with Crippen molar-refractivity contribution in [2.45, 2.75) is 302 Å². The van der Waals surface area contributed by atoms with Crippen LogP contribution < -0.4 is 5.32 Å². The molecular formula is C57H107NO5. The van der Waals surface area contributed by atoms with Crippen LogP contribution in [0, 0.1) is 0 Å². The number of nitrogens with one attached hydrogen (secondary N) is 1. The molecule has 2 unspecified atom stereocenters. The van der Waals surface area contributed by atoms with Gasteiger partial charge in [-0.3, -0.25) is 9.59 Å². The lowest BCUT2D eigenvalue weighted by Crippen LogP contribution is -2.45. The second kappa shape index (κ2) is 52.7. The van der Waals surface area contributed by atoms with Gasteiger partial charge in [-0.2, -0.15) is 0 Å². The quantitative estimate of drug-likeness (QED) is 0.0321. The van der Waals surface area contributed by atoms with Gasteiger partial charge in [-0.25, -0.2) is 0 Å². The van der Waals surface area contributed by atoms with Crippen molar-refractivity contribution in [3.63, 3.8) is 0 Å². The molecule has 0 bridgehead atoms. The molecule has 1 amide bonds. The van der Waals surface area contributed by atoms with Gasteiger partial charge in [0.05, 0.1) is 25.4 Å². The van der Waals surface area contributed by atoms with Gasteiger partial charge >= 0.3 is 5.97 Å². The van der Waals surface area contributed by atoms with Crippen LogP contribution in [0.5, 0.6) is 0 Å². The summed E-state index contributed by atoms with van der Waals surface area (Å²) < 4.78 is 5.46. The van der Waals surface area contributed by atoms with Crippen molar-refractivity contribution >= 4 is 11.9 Å². The molecule has 0 spiro atoms. The highest BCUT2D eigenvalue weighted by molar-refractivity contribution is 5.76. The normalized spacial score (nSPS) is 12.9. The molecule has 0 aliphatic rings. The van der Waals surface area contributed by atoms with E-state index in [9.17, 15) is 19.8 Å². The fraction of sp³-hybridized carbons (Fsp3) is 0.860. The van der Waals surface area contributed by atoms with E-state index in [1.54, 1.807) is 6.08 Å². The van der Waals surface area contributed by atoms with Crippen LogP contribution in [-0.2, 0) is 14.3 Å². The standard InChI is InChI=1S/C57H107NO5/c1-3-5-7-9-11-13-15-17-19-21-23-24-26-29-33-37-41-45-49-55(60)54(53-59)58-56(61)50-46-42-38-34-30-28-32-36-40-44-48-52-63-57(62)51-47-43-39-35-31-27-25-22-20-18-16-14-12-10-8-6-4-2/h12,14,18,20,45,49,54-55,59-60H,3-11,13,15-17,19,21-44,46-48,50-53H2,1-2H3,(H,58,61)/b14-12-,20-18-,49-45+. The highest BCUT2D eigenvalue weighted by Crippen LogP contribution is 2.16. The highest BCUT2D eigenvalue weighted by Gasteiger charge is 2.18. The van der Waals surface area contributed by atoms with Gasteiger partial charge in [-0.1, -0.05) is 249 Å². The molecule has 0 aliphatic heterocycles. The first-order chi connectivity index (χ1) is 31.0. The van der Waals surface area contributed by atoms with Gasteiger partial charge in [0.15, 0.2) is 0 Å². The average Bonchev–Trinajstić information content (AvgIpc) is 3.28. The van der Waals surface area contributed by atoms with E-state index in [-0.39, 0.29) is 18.5 Å². The molecule has 0 aromatic carbocycles. The number of hydrogen-bond acceptors (Lipinski definition) is 5. The summed E-state index contributed by atoms with van der Waals surface area (Å²) in [4.78, 5) is 24.5. The smallest absolute Gasteiger partial charge is 0.305 e. The van der Waals surface area contributed by atoms with Gasteiger partial charge < -0.3 is 20.3 Å². The topological polar surface area (TPSA) is 95.9 Å². The molecule has 0 fully saturated rings. The van der Waals surface area contributed by atoms with E-state index in [4.69, 9.17) is 4.74 Å². The Labute approximate surface area is 392 Å². The summed E-state index contributed by atoms with van der Waals surface area (Å²) in [6, 6.07) is -0.643. The van der Waals surface area contributed by atoms with E-state index in [2.05, 4.69) is 43.5 Å². The molecule has 6 heteroatoms. The minimum Gasteiger partial charge on any atom is -0.466 e. The van der Waals surface area contributed by atoms with Crippen molar-refractivity contribution in [3.05, 3.63) is 36.5 Å². The van der Waals surface area contributed by atoms with Crippen LogP contribution in [0.15, 0.2) is 36.5 Å². The summed E-state index contributed by atoms with van der Waals surface area (Å²) in [5.74, 6) is -0.109. The van der Waals surface area contributed by atoms with Gasteiger partial charge in [0.2, 0.25) is 5.91 Å². The summed E-state index contributed by atoms with van der Waals surface area (Å²) in [7, 11) is 0. The summed E-state index contributed by atoms with van der Waals surface area (Å²) in [5, 5.41) is 23.1. The summed E-state index contributed by atoms with van der Waals surface area (Å²) >= 11 is 0. The Morgan fingerprint density at radius 1 is 0.444 bits per heavy atom. The molecule has 0 rings (SSSR count). The van der Waals surface area contributed by atoms with Crippen molar-refractivity contribution in [2.75, 3.05) is 13.2 Å². The average molecular weight is 886 g/mol. The second-order valence-corrected chi connectivity index (χ2v) is 18.9. The Balaban J connectivity index is 3.51. The van der Waals surface area contributed by atoms with Gasteiger partial charge in [-0.15, -0.1) is 0 Å². The zero-order valence-corrected chi connectivity index (χ0v) is 42.1. The molecule has 0 heterocycles. The van der Waals surface area contributed by atoms with Crippen molar-refractivity contribution in [2.24, 2.45) is 0 Å². The fourth-order valence-corrected chi connectivity index (χ4v) is 8.37.